The molecule has 0 saturated heterocycles. The molecule has 0 spiro atoms. The lowest BCUT2D eigenvalue weighted by molar-refractivity contribution is 0.0716. The summed E-state index contributed by atoms with van der Waals surface area (Å²) in [6.07, 6.45) is 0. The Hall–Kier alpha value is -4.30. The topological polar surface area (TPSA) is 52.3 Å². The third-order valence-corrected chi connectivity index (χ3v) is 3.87. The largest absolute Gasteiger partial charge is 0.416 e. The second-order valence-electron chi connectivity index (χ2n) is 5.99. The second kappa shape index (κ2) is 9.02. The number of rotatable bonds is 2. The number of nitrogen functional groups attached to an aromatic ring is 1. The van der Waals surface area contributed by atoms with Gasteiger partial charge < -0.3 is 10.5 Å². The standard InChI is InChI=1S/C23H10F5NO2/c24-17-18(25)20(27)22(21(28)19(17)26)31-23(30)15-9-5-13(6-10-15)3-1-2-4-14-7-11-16(29)12-8-14/h5-12H,29H2. The van der Waals surface area contributed by atoms with Crippen LogP contribution in [0.4, 0.5) is 27.6 Å². The van der Waals surface area contributed by atoms with E-state index >= 15 is 0 Å². The number of hydrogen-bond acceptors (Lipinski definition) is 3. The van der Waals surface area contributed by atoms with Crippen LogP contribution in [0, 0.1) is 52.8 Å². The van der Waals surface area contributed by atoms with Crippen molar-refractivity contribution in [3.05, 3.63) is 94.3 Å². The summed E-state index contributed by atoms with van der Waals surface area (Å²) in [6.45, 7) is 0. The summed E-state index contributed by atoms with van der Waals surface area (Å²) < 4.78 is 71.1. The molecule has 0 aliphatic carbocycles. The number of carbonyl (C=O) groups excluding carboxylic acids is 1. The zero-order valence-electron chi connectivity index (χ0n) is 15.4. The van der Waals surface area contributed by atoms with Gasteiger partial charge in [-0.05, 0) is 60.4 Å². The lowest BCUT2D eigenvalue weighted by atomic mass is 10.1. The Morgan fingerprint density at radius 1 is 0.677 bits per heavy atom. The summed E-state index contributed by atoms with van der Waals surface area (Å²) in [7, 11) is 0. The molecule has 0 aliphatic heterocycles. The number of hydrogen-bond donors (Lipinski definition) is 1. The second-order valence-corrected chi connectivity index (χ2v) is 5.99. The van der Waals surface area contributed by atoms with Gasteiger partial charge in [0.15, 0.2) is 0 Å². The van der Waals surface area contributed by atoms with Gasteiger partial charge in [-0.1, -0.05) is 11.8 Å². The summed E-state index contributed by atoms with van der Waals surface area (Å²) in [6, 6.07) is 12.1. The van der Waals surface area contributed by atoms with Crippen molar-refractivity contribution in [2.24, 2.45) is 0 Å². The molecule has 154 valence electrons. The maximum atomic E-state index is 13.6. The van der Waals surface area contributed by atoms with Gasteiger partial charge in [-0.25, -0.2) is 18.0 Å². The van der Waals surface area contributed by atoms with Crippen LogP contribution in [-0.2, 0) is 0 Å². The molecule has 0 aromatic heterocycles. The molecule has 0 aliphatic rings. The first-order valence-corrected chi connectivity index (χ1v) is 8.49. The van der Waals surface area contributed by atoms with Crippen LogP contribution < -0.4 is 10.5 Å². The van der Waals surface area contributed by atoms with E-state index < -0.39 is 40.8 Å². The van der Waals surface area contributed by atoms with Crippen LogP contribution in [0.25, 0.3) is 0 Å². The Labute approximate surface area is 173 Å². The molecule has 3 aromatic carbocycles. The zero-order chi connectivity index (χ0) is 22.5. The predicted octanol–water partition coefficient (Wildman–Crippen LogP) is 4.59. The van der Waals surface area contributed by atoms with E-state index in [4.69, 9.17) is 5.73 Å². The first-order chi connectivity index (χ1) is 14.8. The molecular weight excluding hydrogens is 417 g/mol. The van der Waals surface area contributed by atoms with Gasteiger partial charge in [-0.2, -0.15) is 8.78 Å². The highest BCUT2D eigenvalue weighted by Gasteiger charge is 2.28. The first-order valence-electron chi connectivity index (χ1n) is 8.49. The average Bonchev–Trinajstić information content (AvgIpc) is 2.78. The van der Waals surface area contributed by atoms with Crippen LogP contribution in [0.3, 0.4) is 0 Å². The SMILES string of the molecule is Nc1ccc(C#CC#Cc2ccc(C(=O)Oc3c(F)c(F)c(F)c(F)c3F)cc2)cc1. The van der Waals surface area contributed by atoms with Crippen molar-refractivity contribution in [1.29, 1.82) is 0 Å². The lowest BCUT2D eigenvalue weighted by Gasteiger charge is -2.08. The number of carbonyl (C=O) groups is 1. The molecule has 31 heavy (non-hydrogen) atoms. The molecule has 0 fully saturated rings. The quantitative estimate of drug-likeness (QED) is 0.124. The van der Waals surface area contributed by atoms with Crippen LogP contribution in [0.1, 0.15) is 21.5 Å². The summed E-state index contributed by atoms with van der Waals surface area (Å²) in [5.41, 5.74) is 7.16. The summed E-state index contributed by atoms with van der Waals surface area (Å²) in [5, 5.41) is 0. The molecule has 3 rings (SSSR count). The molecule has 0 unspecified atom stereocenters. The van der Waals surface area contributed by atoms with Crippen molar-refractivity contribution >= 4 is 11.7 Å². The maximum Gasteiger partial charge on any atom is 0.343 e. The number of esters is 1. The minimum Gasteiger partial charge on any atom is -0.416 e. The fraction of sp³-hybridized carbons (Fsp3) is 0. The van der Waals surface area contributed by atoms with Gasteiger partial charge in [0.2, 0.25) is 34.8 Å². The van der Waals surface area contributed by atoms with Gasteiger partial charge in [0.05, 0.1) is 5.56 Å². The Morgan fingerprint density at radius 3 is 1.58 bits per heavy atom. The molecule has 2 N–H and O–H groups in total. The van der Waals surface area contributed by atoms with E-state index in [2.05, 4.69) is 28.4 Å². The summed E-state index contributed by atoms with van der Waals surface area (Å²) in [4.78, 5) is 12.0. The van der Waals surface area contributed by atoms with E-state index in [9.17, 15) is 26.7 Å². The number of anilines is 1. The van der Waals surface area contributed by atoms with Crippen LogP contribution >= 0.6 is 0 Å². The van der Waals surface area contributed by atoms with Crippen LogP contribution in [0.5, 0.6) is 5.75 Å². The number of nitrogens with two attached hydrogens (primary N) is 1. The van der Waals surface area contributed by atoms with Crippen LogP contribution in [0.15, 0.2) is 48.5 Å². The molecule has 0 saturated carbocycles. The molecule has 8 heteroatoms. The van der Waals surface area contributed by atoms with E-state index in [1.54, 1.807) is 24.3 Å². The third kappa shape index (κ3) is 4.82. The van der Waals surface area contributed by atoms with E-state index in [-0.39, 0.29) is 5.56 Å². The van der Waals surface area contributed by atoms with Crippen molar-refractivity contribution in [3.63, 3.8) is 0 Å². The van der Waals surface area contributed by atoms with Crippen LogP contribution in [0.2, 0.25) is 0 Å². The predicted molar refractivity (Wildman–Crippen MR) is 102 cm³/mol. The number of benzene rings is 3. The molecular formula is C23H10F5NO2. The molecule has 0 bridgehead atoms. The maximum absolute atomic E-state index is 13.6. The average molecular weight is 427 g/mol. The van der Waals surface area contributed by atoms with Gasteiger partial charge in [-0.3, -0.25) is 0 Å². The van der Waals surface area contributed by atoms with E-state index in [1.165, 1.54) is 24.3 Å². The fourth-order valence-electron chi connectivity index (χ4n) is 2.29. The molecule has 3 aromatic rings. The monoisotopic (exact) mass is 427 g/mol. The number of ether oxygens (including phenoxy) is 1. The van der Waals surface area contributed by atoms with E-state index in [0.29, 0.717) is 11.3 Å². The normalized spacial score (nSPS) is 9.84. The van der Waals surface area contributed by atoms with Crippen molar-refractivity contribution in [1.82, 2.24) is 0 Å². The van der Waals surface area contributed by atoms with Crippen LogP contribution in [-0.4, -0.2) is 5.97 Å². The molecule has 0 amide bonds. The van der Waals surface area contributed by atoms with E-state index in [1.807, 2.05) is 0 Å². The fourth-order valence-corrected chi connectivity index (χ4v) is 2.29. The lowest BCUT2D eigenvalue weighted by Crippen LogP contribution is -2.13. The van der Waals surface area contributed by atoms with Gasteiger partial charge in [-0.15, -0.1) is 0 Å². The molecule has 3 nitrogen and oxygen atoms in total. The molecule has 0 radical (unpaired) electrons. The van der Waals surface area contributed by atoms with Gasteiger partial charge in [0.1, 0.15) is 0 Å². The minimum atomic E-state index is -2.35. The van der Waals surface area contributed by atoms with Crippen molar-refractivity contribution in [3.8, 4) is 29.4 Å². The Kier molecular flexibility index (Phi) is 6.23. The highest BCUT2D eigenvalue weighted by molar-refractivity contribution is 5.91. The van der Waals surface area contributed by atoms with Gasteiger partial charge in [0, 0.05) is 16.8 Å². The van der Waals surface area contributed by atoms with Gasteiger partial charge in [0.25, 0.3) is 0 Å². The molecule has 0 atom stereocenters. The van der Waals surface area contributed by atoms with Crippen molar-refractivity contribution in [2.45, 2.75) is 0 Å². The first kappa shape index (κ1) is 21.4. The van der Waals surface area contributed by atoms with E-state index in [0.717, 1.165) is 5.56 Å². The smallest absolute Gasteiger partial charge is 0.343 e. The van der Waals surface area contributed by atoms with Crippen molar-refractivity contribution in [2.75, 3.05) is 5.73 Å². The Morgan fingerprint density at radius 2 is 1.10 bits per heavy atom. The summed E-state index contributed by atoms with van der Waals surface area (Å²) in [5.74, 6) is -3.48. The molecule has 0 heterocycles. The summed E-state index contributed by atoms with van der Waals surface area (Å²) >= 11 is 0. The Balaban J connectivity index is 1.73. The highest BCUT2D eigenvalue weighted by atomic mass is 19.2. The Bertz CT molecular complexity index is 1250. The van der Waals surface area contributed by atoms with Crippen molar-refractivity contribution < 1.29 is 31.5 Å². The number of halogens is 5. The third-order valence-electron chi connectivity index (χ3n) is 3.87. The van der Waals surface area contributed by atoms with Gasteiger partial charge >= 0.3 is 5.97 Å². The zero-order valence-corrected chi connectivity index (χ0v) is 15.4. The minimum absolute atomic E-state index is 0.192. The highest BCUT2D eigenvalue weighted by Crippen LogP contribution is 2.29.